The zero-order chi connectivity index (χ0) is 17.1. The van der Waals surface area contributed by atoms with Crippen LogP contribution in [0.3, 0.4) is 0 Å². The zero-order valence-electron chi connectivity index (χ0n) is 14.1. The summed E-state index contributed by atoms with van der Waals surface area (Å²) in [7, 11) is 0. The van der Waals surface area contributed by atoms with Crippen LogP contribution in [0.2, 0.25) is 0 Å². The number of nitrogens with zero attached hydrogens (tertiary/aromatic N) is 2. The molecule has 0 saturated heterocycles. The number of aliphatic hydroxyl groups excluding tert-OH is 1. The lowest BCUT2D eigenvalue weighted by atomic mass is 9.99. The maximum absolute atomic E-state index is 12.3. The second-order valence-electron chi connectivity index (χ2n) is 6.72. The summed E-state index contributed by atoms with van der Waals surface area (Å²) in [5.41, 5.74) is 3.36. The molecule has 0 spiro atoms. The molecule has 3 atom stereocenters. The molecule has 6 heteroatoms. The lowest BCUT2D eigenvalue weighted by Crippen LogP contribution is -2.33. The van der Waals surface area contributed by atoms with Crippen molar-refractivity contribution in [2.75, 3.05) is 6.54 Å². The largest absolute Gasteiger partial charge is 0.393 e. The molecule has 1 heterocycles. The molecular formula is C18H24N4O2. The van der Waals surface area contributed by atoms with Crippen molar-refractivity contribution in [1.82, 2.24) is 20.5 Å². The van der Waals surface area contributed by atoms with Gasteiger partial charge in [0.2, 0.25) is 5.91 Å². The van der Waals surface area contributed by atoms with E-state index in [0.717, 1.165) is 28.9 Å². The topological polar surface area (TPSA) is 90.9 Å². The van der Waals surface area contributed by atoms with Crippen LogP contribution < -0.4 is 5.32 Å². The number of amides is 1. The number of carbonyl (C=O) groups is 1. The molecule has 2 aromatic rings. The molecule has 1 aliphatic carbocycles. The predicted octanol–water partition coefficient (Wildman–Crippen LogP) is 1.63. The molecular weight excluding hydrogens is 304 g/mol. The number of aromatic amines is 1. The molecule has 0 aliphatic heterocycles. The Morgan fingerprint density at radius 3 is 2.75 bits per heavy atom. The van der Waals surface area contributed by atoms with Crippen molar-refractivity contribution >= 4 is 5.91 Å². The predicted molar refractivity (Wildman–Crippen MR) is 90.5 cm³/mol. The Morgan fingerprint density at radius 2 is 2.08 bits per heavy atom. The van der Waals surface area contributed by atoms with Gasteiger partial charge in [0, 0.05) is 18.4 Å². The summed E-state index contributed by atoms with van der Waals surface area (Å²) in [6, 6.07) is 6.06. The SMILES string of the molecule is Cc1cccc(C)c1CC(=O)NC[C@@H]1C[C@@H](c2ncn[nH]2)C[C@@H]1O. The van der Waals surface area contributed by atoms with Gasteiger partial charge in [-0.25, -0.2) is 4.98 Å². The number of aromatic nitrogens is 3. The number of aliphatic hydroxyl groups is 1. The van der Waals surface area contributed by atoms with Crippen molar-refractivity contribution in [3.8, 4) is 0 Å². The lowest BCUT2D eigenvalue weighted by Gasteiger charge is -2.16. The van der Waals surface area contributed by atoms with E-state index in [2.05, 4.69) is 20.5 Å². The third-order valence-corrected chi connectivity index (χ3v) is 5.02. The highest BCUT2D eigenvalue weighted by atomic mass is 16.3. The Balaban J connectivity index is 1.53. The number of H-pyrrole nitrogens is 1. The normalized spacial score (nSPS) is 23.4. The Kier molecular flexibility index (Phi) is 4.94. The first-order chi connectivity index (χ1) is 11.5. The molecule has 1 fully saturated rings. The second-order valence-corrected chi connectivity index (χ2v) is 6.72. The van der Waals surface area contributed by atoms with Gasteiger partial charge in [-0.1, -0.05) is 18.2 Å². The summed E-state index contributed by atoms with van der Waals surface area (Å²) in [5, 5.41) is 20.0. The summed E-state index contributed by atoms with van der Waals surface area (Å²) < 4.78 is 0. The number of hydrogen-bond donors (Lipinski definition) is 3. The molecule has 6 nitrogen and oxygen atoms in total. The fraction of sp³-hybridized carbons (Fsp3) is 0.500. The van der Waals surface area contributed by atoms with E-state index in [1.165, 1.54) is 6.33 Å². The van der Waals surface area contributed by atoms with E-state index in [0.29, 0.717) is 19.4 Å². The van der Waals surface area contributed by atoms with E-state index in [4.69, 9.17) is 0 Å². The highest BCUT2D eigenvalue weighted by molar-refractivity contribution is 5.79. The molecule has 1 aliphatic rings. The van der Waals surface area contributed by atoms with Crippen LogP contribution in [0.1, 0.15) is 41.3 Å². The summed E-state index contributed by atoms with van der Waals surface area (Å²) in [6.07, 6.45) is 2.92. The molecule has 1 saturated carbocycles. The van der Waals surface area contributed by atoms with E-state index < -0.39 is 6.10 Å². The number of benzene rings is 1. The number of carbonyl (C=O) groups excluding carboxylic acids is 1. The fourth-order valence-corrected chi connectivity index (χ4v) is 3.55. The number of nitrogens with one attached hydrogen (secondary N) is 2. The Bertz CT molecular complexity index is 679. The van der Waals surface area contributed by atoms with Gasteiger partial charge < -0.3 is 10.4 Å². The first-order valence-electron chi connectivity index (χ1n) is 8.39. The Labute approximate surface area is 141 Å². The smallest absolute Gasteiger partial charge is 0.224 e. The molecule has 128 valence electrons. The standard InChI is InChI=1S/C18H24N4O2/c1-11-4-3-5-12(2)15(11)8-17(24)19-9-14-6-13(7-16(14)23)18-20-10-21-22-18/h3-5,10,13-14,16,23H,6-9H2,1-2H3,(H,19,24)(H,20,21,22)/t13-,14+,16+/m1/s1. The van der Waals surface area contributed by atoms with Crippen LogP contribution in [0.4, 0.5) is 0 Å². The van der Waals surface area contributed by atoms with Crippen molar-refractivity contribution in [3.05, 3.63) is 47.0 Å². The Morgan fingerprint density at radius 1 is 1.33 bits per heavy atom. The Hall–Kier alpha value is -2.21. The van der Waals surface area contributed by atoms with Gasteiger partial charge in [0.15, 0.2) is 0 Å². The van der Waals surface area contributed by atoms with Gasteiger partial charge in [0.05, 0.1) is 12.5 Å². The minimum Gasteiger partial charge on any atom is -0.393 e. The second kappa shape index (κ2) is 7.13. The fourth-order valence-electron chi connectivity index (χ4n) is 3.55. The average Bonchev–Trinajstić information content (AvgIpc) is 3.19. The summed E-state index contributed by atoms with van der Waals surface area (Å²) >= 11 is 0. The summed E-state index contributed by atoms with van der Waals surface area (Å²) in [5.74, 6) is 1.06. The molecule has 1 aromatic carbocycles. The number of aryl methyl sites for hydroxylation is 2. The monoisotopic (exact) mass is 328 g/mol. The van der Waals surface area contributed by atoms with Crippen LogP contribution in [0.25, 0.3) is 0 Å². The molecule has 0 bridgehead atoms. The van der Waals surface area contributed by atoms with Gasteiger partial charge in [0.25, 0.3) is 0 Å². The van der Waals surface area contributed by atoms with Crippen molar-refractivity contribution in [1.29, 1.82) is 0 Å². The van der Waals surface area contributed by atoms with E-state index in [1.54, 1.807) is 0 Å². The molecule has 1 aromatic heterocycles. The van der Waals surface area contributed by atoms with E-state index >= 15 is 0 Å². The van der Waals surface area contributed by atoms with Crippen LogP contribution in [-0.4, -0.2) is 38.8 Å². The van der Waals surface area contributed by atoms with Gasteiger partial charge in [-0.2, -0.15) is 5.10 Å². The van der Waals surface area contributed by atoms with Crippen molar-refractivity contribution in [2.45, 2.75) is 45.1 Å². The summed E-state index contributed by atoms with van der Waals surface area (Å²) in [6.45, 7) is 4.55. The molecule has 1 amide bonds. The van der Waals surface area contributed by atoms with Crippen LogP contribution in [0, 0.1) is 19.8 Å². The van der Waals surface area contributed by atoms with E-state index in [9.17, 15) is 9.90 Å². The first-order valence-corrected chi connectivity index (χ1v) is 8.39. The van der Waals surface area contributed by atoms with Gasteiger partial charge in [-0.15, -0.1) is 0 Å². The van der Waals surface area contributed by atoms with Crippen LogP contribution in [-0.2, 0) is 11.2 Å². The quantitative estimate of drug-likeness (QED) is 0.778. The molecule has 24 heavy (non-hydrogen) atoms. The molecule has 0 unspecified atom stereocenters. The molecule has 3 N–H and O–H groups in total. The third-order valence-electron chi connectivity index (χ3n) is 5.02. The van der Waals surface area contributed by atoms with Gasteiger partial charge in [-0.3, -0.25) is 9.89 Å². The van der Waals surface area contributed by atoms with Crippen LogP contribution in [0.15, 0.2) is 24.5 Å². The maximum Gasteiger partial charge on any atom is 0.224 e. The minimum atomic E-state index is -0.416. The highest BCUT2D eigenvalue weighted by Gasteiger charge is 2.35. The molecule has 3 rings (SSSR count). The molecule has 0 radical (unpaired) electrons. The van der Waals surface area contributed by atoms with Gasteiger partial charge in [0.1, 0.15) is 12.2 Å². The van der Waals surface area contributed by atoms with Gasteiger partial charge in [-0.05, 0) is 43.4 Å². The van der Waals surface area contributed by atoms with Crippen molar-refractivity contribution < 1.29 is 9.90 Å². The minimum absolute atomic E-state index is 0.00251. The van der Waals surface area contributed by atoms with Crippen molar-refractivity contribution in [3.63, 3.8) is 0 Å². The number of rotatable bonds is 5. The third kappa shape index (κ3) is 3.64. The van der Waals surface area contributed by atoms with Crippen molar-refractivity contribution in [2.24, 2.45) is 5.92 Å². The summed E-state index contributed by atoms with van der Waals surface area (Å²) in [4.78, 5) is 16.4. The zero-order valence-corrected chi connectivity index (χ0v) is 14.1. The lowest BCUT2D eigenvalue weighted by molar-refractivity contribution is -0.120. The van der Waals surface area contributed by atoms with E-state index in [-0.39, 0.29) is 17.7 Å². The average molecular weight is 328 g/mol. The maximum atomic E-state index is 12.3. The first kappa shape index (κ1) is 16.6. The van der Waals surface area contributed by atoms with Crippen LogP contribution >= 0.6 is 0 Å². The van der Waals surface area contributed by atoms with E-state index in [1.807, 2.05) is 32.0 Å². The van der Waals surface area contributed by atoms with Crippen LogP contribution in [0.5, 0.6) is 0 Å². The van der Waals surface area contributed by atoms with Gasteiger partial charge >= 0.3 is 0 Å². The number of hydrogen-bond acceptors (Lipinski definition) is 4. The highest BCUT2D eigenvalue weighted by Crippen LogP contribution is 2.36.